The molecule has 1 rings (SSSR count). The van der Waals surface area contributed by atoms with Gasteiger partial charge in [0.15, 0.2) is 0 Å². The van der Waals surface area contributed by atoms with Crippen molar-refractivity contribution in [1.29, 1.82) is 0 Å². The Morgan fingerprint density at radius 3 is 1.55 bits per heavy atom. The van der Waals surface area contributed by atoms with Crippen LogP contribution >= 0.6 is 11.8 Å². The van der Waals surface area contributed by atoms with Crippen molar-refractivity contribution in [3.05, 3.63) is 0 Å². The third-order valence-electron chi connectivity index (χ3n) is 2.88. The van der Waals surface area contributed by atoms with Crippen LogP contribution in [0.2, 0.25) is 0 Å². The molecule has 1 aliphatic heterocycles. The molecular formula is C10H20S. The lowest BCUT2D eigenvalue weighted by Gasteiger charge is -2.25. The molecule has 0 bridgehead atoms. The summed E-state index contributed by atoms with van der Waals surface area (Å²) in [6.45, 7) is 9.47. The highest BCUT2D eigenvalue weighted by Crippen LogP contribution is 2.38. The summed E-state index contributed by atoms with van der Waals surface area (Å²) in [6, 6.07) is 0. The van der Waals surface area contributed by atoms with Crippen LogP contribution in [0.5, 0.6) is 0 Å². The minimum absolute atomic E-state index is 0.886. The third kappa shape index (κ3) is 2.14. The van der Waals surface area contributed by atoms with Gasteiger partial charge in [0.1, 0.15) is 0 Å². The highest BCUT2D eigenvalue weighted by Gasteiger charge is 2.31. The van der Waals surface area contributed by atoms with Crippen LogP contribution in [-0.2, 0) is 0 Å². The van der Waals surface area contributed by atoms with Gasteiger partial charge >= 0.3 is 0 Å². The Kier molecular flexibility index (Phi) is 3.29. The van der Waals surface area contributed by atoms with Gasteiger partial charge in [0.25, 0.3) is 0 Å². The van der Waals surface area contributed by atoms with Gasteiger partial charge in [0.2, 0.25) is 0 Å². The van der Waals surface area contributed by atoms with E-state index < -0.39 is 0 Å². The lowest BCUT2D eigenvalue weighted by atomic mass is 9.80. The smallest absolute Gasteiger partial charge is 0.00335 e. The molecular weight excluding hydrogens is 152 g/mol. The molecule has 1 fully saturated rings. The molecule has 0 saturated carbocycles. The van der Waals surface area contributed by atoms with E-state index in [1.807, 2.05) is 0 Å². The minimum atomic E-state index is 0.886. The molecule has 1 aliphatic rings. The molecule has 1 heterocycles. The van der Waals surface area contributed by atoms with Crippen molar-refractivity contribution in [3.8, 4) is 0 Å². The molecule has 1 saturated heterocycles. The lowest BCUT2D eigenvalue weighted by molar-refractivity contribution is 0.257. The van der Waals surface area contributed by atoms with Gasteiger partial charge in [0, 0.05) is 0 Å². The topological polar surface area (TPSA) is 0 Å². The Hall–Kier alpha value is 0.350. The number of rotatable bonds is 2. The molecule has 2 unspecified atom stereocenters. The van der Waals surface area contributed by atoms with Crippen LogP contribution < -0.4 is 0 Å². The van der Waals surface area contributed by atoms with E-state index in [2.05, 4.69) is 39.5 Å². The van der Waals surface area contributed by atoms with Crippen LogP contribution in [0.3, 0.4) is 0 Å². The summed E-state index contributed by atoms with van der Waals surface area (Å²) < 4.78 is 0. The van der Waals surface area contributed by atoms with Crippen molar-refractivity contribution in [1.82, 2.24) is 0 Å². The zero-order valence-electron chi connectivity index (χ0n) is 8.13. The summed E-state index contributed by atoms with van der Waals surface area (Å²) >= 11 is 2.15. The van der Waals surface area contributed by atoms with E-state index in [9.17, 15) is 0 Å². The Bertz CT molecular complexity index is 104. The molecule has 0 amide bonds. The summed E-state index contributed by atoms with van der Waals surface area (Å²) in [5, 5.41) is 0. The van der Waals surface area contributed by atoms with Crippen LogP contribution in [0, 0.1) is 23.7 Å². The van der Waals surface area contributed by atoms with Gasteiger partial charge in [0.05, 0.1) is 0 Å². The first-order chi connectivity index (χ1) is 5.13. The standard InChI is InChI=1S/C10H20S/c1-7(2)9-5-11-6-10(9)8(3)4/h7-10H,5-6H2,1-4H3. The SMILES string of the molecule is CC(C)C1CSCC1C(C)C. The first-order valence-corrected chi connectivity index (χ1v) is 5.86. The monoisotopic (exact) mass is 172 g/mol. The van der Waals surface area contributed by atoms with Gasteiger partial charge in [-0.15, -0.1) is 0 Å². The van der Waals surface area contributed by atoms with Crippen LogP contribution in [0.15, 0.2) is 0 Å². The van der Waals surface area contributed by atoms with Crippen molar-refractivity contribution in [2.45, 2.75) is 27.7 Å². The van der Waals surface area contributed by atoms with Gasteiger partial charge in [-0.2, -0.15) is 11.8 Å². The van der Waals surface area contributed by atoms with Crippen molar-refractivity contribution >= 4 is 11.8 Å². The molecule has 2 atom stereocenters. The maximum atomic E-state index is 2.37. The Morgan fingerprint density at radius 1 is 0.909 bits per heavy atom. The fourth-order valence-corrected chi connectivity index (χ4v) is 3.91. The Labute approximate surface area is 75.1 Å². The molecule has 66 valence electrons. The fourth-order valence-electron chi connectivity index (χ4n) is 1.96. The van der Waals surface area contributed by atoms with E-state index in [0.29, 0.717) is 0 Å². The summed E-state index contributed by atoms with van der Waals surface area (Å²) in [4.78, 5) is 0. The van der Waals surface area contributed by atoms with E-state index in [1.54, 1.807) is 0 Å². The van der Waals surface area contributed by atoms with E-state index in [0.717, 1.165) is 23.7 Å². The second kappa shape index (κ2) is 3.84. The zero-order chi connectivity index (χ0) is 8.43. The highest BCUT2D eigenvalue weighted by molar-refractivity contribution is 7.99. The molecule has 0 aromatic heterocycles. The average molecular weight is 172 g/mol. The lowest BCUT2D eigenvalue weighted by Crippen LogP contribution is -2.22. The fraction of sp³-hybridized carbons (Fsp3) is 1.00. The Balaban J connectivity index is 2.51. The summed E-state index contributed by atoms with van der Waals surface area (Å²) in [5.74, 6) is 6.55. The molecule has 0 aliphatic carbocycles. The first kappa shape index (κ1) is 9.44. The van der Waals surface area contributed by atoms with Crippen LogP contribution in [0.1, 0.15) is 27.7 Å². The molecule has 0 aromatic rings. The molecule has 0 aromatic carbocycles. The van der Waals surface area contributed by atoms with Gasteiger partial charge in [-0.3, -0.25) is 0 Å². The van der Waals surface area contributed by atoms with Crippen LogP contribution in [0.4, 0.5) is 0 Å². The minimum Gasteiger partial charge on any atom is -0.161 e. The molecule has 0 N–H and O–H groups in total. The second-order valence-electron chi connectivity index (χ2n) is 4.35. The van der Waals surface area contributed by atoms with E-state index in [-0.39, 0.29) is 0 Å². The molecule has 1 heteroatoms. The Morgan fingerprint density at radius 2 is 1.27 bits per heavy atom. The largest absolute Gasteiger partial charge is 0.161 e. The number of hydrogen-bond acceptors (Lipinski definition) is 1. The van der Waals surface area contributed by atoms with E-state index in [4.69, 9.17) is 0 Å². The molecule has 11 heavy (non-hydrogen) atoms. The third-order valence-corrected chi connectivity index (χ3v) is 4.12. The number of hydrogen-bond donors (Lipinski definition) is 0. The molecule has 0 nitrogen and oxygen atoms in total. The first-order valence-electron chi connectivity index (χ1n) is 4.70. The van der Waals surface area contributed by atoms with Gasteiger partial charge < -0.3 is 0 Å². The van der Waals surface area contributed by atoms with Gasteiger partial charge in [-0.25, -0.2) is 0 Å². The van der Waals surface area contributed by atoms with Crippen molar-refractivity contribution in [3.63, 3.8) is 0 Å². The van der Waals surface area contributed by atoms with Crippen molar-refractivity contribution < 1.29 is 0 Å². The van der Waals surface area contributed by atoms with E-state index in [1.165, 1.54) is 11.5 Å². The average Bonchev–Trinajstić information content (AvgIpc) is 2.32. The second-order valence-corrected chi connectivity index (χ2v) is 5.43. The number of thioether (sulfide) groups is 1. The normalized spacial score (nSPS) is 32.2. The van der Waals surface area contributed by atoms with Crippen LogP contribution in [-0.4, -0.2) is 11.5 Å². The predicted molar refractivity (Wildman–Crippen MR) is 54.0 cm³/mol. The predicted octanol–water partition coefficient (Wildman–Crippen LogP) is 3.28. The van der Waals surface area contributed by atoms with Crippen molar-refractivity contribution in [2.24, 2.45) is 23.7 Å². The highest BCUT2D eigenvalue weighted by atomic mass is 32.2. The van der Waals surface area contributed by atoms with Crippen LogP contribution in [0.25, 0.3) is 0 Å². The molecule has 0 spiro atoms. The maximum Gasteiger partial charge on any atom is -0.00335 e. The summed E-state index contributed by atoms with van der Waals surface area (Å²) in [6.07, 6.45) is 0. The quantitative estimate of drug-likeness (QED) is 0.616. The maximum absolute atomic E-state index is 2.37. The van der Waals surface area contributed by atoms with Gasteiger partial charge in [-0.1, -0.05) is 27.7 Å². The summed E-state index contributed by atoms with van der Waals surface area (Å²) in [7, 11) is 0. The zero-order valence-corrected chi connectivity index (χ0v) is 8.95. The van der Waals surface area contributed by atoms with Gasteiger partial charge in [-0.05, 0) is 35.2 Å². The van der Waals surface area contributed by atoms with Crippen molar-refractivity contribution in [2.75, 3.05) is 11.5 Å². The van der Waals surface area contributed by atoms with E-state index >= 15 is 0 Å². The molecule has 0 radical (unpaired) electrons. The summed E-state index contributed by atoms with van der Waals surface area (Å²) in [5.41, 5.74) is 0.